The van der Waals surface area contributed by atoms with Crippen molar-refractivity contribution in [1.29, 1.82) is 0 Å². The molecule has 0 saturated carbocycles. The van der Waals surface area contributed by atoms with E-state index in [1.54, 1.807) is 6.92 Å². The van der Waals surface area contributed by atoms with E-state index in [0.717, 1.165) is 11.3 Å². The molecule has 0 atom stereocenters. The SMILES string of the molecule is C=C(C)C(=O)N(C(=S)c1ccccc1)c1ccccc1. The molecule has 2 aromatic carbocycles. The largest absolute Gasteiger partial charge is 0.269 e. The minimum atomic E-state index is -0.190. The minimum absolute atomic E-state index is 0.190. The molecule has 0 aliphatic carbocycles. The lowest BCUT2D eigenvalue weighted by Crippen LogP contribution is -2.36. The van der Waals surface area contributed by atoms with Crippen LogP contribution in [0.3, 0.4) is 0 Å². The maximum Gasteiger partial charge on any atom is 0.258 e. The van der Waals surface area contributed by atoms with Crippen molar-refractivity contribution in [3.05, 3.63) is 78.4 Å². The second kappa shape index (κ2) is 6.26. The zero-order valence-corrected chi connectivity index (χ0v) is 12.1. The second-order valence-corrected chi connectivity index (χ2v) is 4.81. The molecule has 100 valence electrons. The Balaban J connectivity index is 2.45. The highest BCUT2D eigenvalue weighted by Gasteiger charge is 2.21. The van der Waals surface area contributed by atoms with Crippen molar-refractivity contribution >= 4 is 28.8 Å². The van der Waals surface area contributed by atoms with E-state index >= 15 is 0 Å². The number of thiocarbonyl (C=S) groups is 1. The van der Waals surface area contributed by atoms with Crippen molar-refractivity contribution in [2.45, 2.75) is 6.92 Å². The van der Waals surface area contributed by atoms with E-state index in [1.807, 2.05) is 60.7 Å². The van der Waals surface area contributed by atoms with Crippen LogP contribution in [0.2, 0.25) is 0 Å². The van der Waals surface area contributed by atoms with E-state index in [1.165, 1.54) is 4.90 Å². The van der Waals surface area contributed by atoms with E-state index in [9.17, 15) is 4.79 Å². The molecule has 0 aliphatic rings. The molecule has 2 rings (SSSR count). The number of hydrogen-bond donors (Lipinski definition) is 0. The molecule has 3 heteroatoms. The Labute approximate surface area is 124 Å². The Morgan fingerprint density at radius 1 is 1.00 bits per heavy atom. The molecular weight excluding hydrogens is 266 g/mol. The number of amides is 1. The summed E-state index contributed by atoms with van der Waals surface area (Å²) in [4.78, 5) is 14.4. The van der Waals surface area contributed by atoms with Crippen LogP contribution in [0.4, 0.5) is 5.69 Å². The number of carbonyl (C=O) groups is 1. The van der Waals surface area contributed by atoms with Gasteiger partial charge in [0.1, 0.15) is 4.99 Å². The molecule has 0 aliphatic heterocycles. The molecule has 20 heavy (non-hydrogen) atoms. The van der Waals surface area contributed by atoms with Gasteiger partial charge < -0.3 is 0 Å². The Morgan fingerprint density at radius 3 is 2.00 bits per heavy atom. The predicted octanol–water partition coefficient (Wildman–Crippen LogP) is 3.97. The summed E-state index contributed by atoms with van der Waals surface area (Å²) in [6, 6.07) is 18.9. The number of carbonyl (C=O) groups excluding carboxylic acids is 1. The summed E-state index contributed by atoms with van der Waals surface area (Å²) in [5.74, 6) is -0.190. The first-order chi connectivity index (χ1) is 9.61. The first-order valence-electron chi connectivity index (χ1n) is 6.25. The van der Waals surface area contributed by atoms with E-state index in [2.05, 4.69) is 6.58 Å². The zero-order chi connectivity index (χ0) is 14.5. The Kier molecular flexibility index (Phi) is 4.43. The highest BCUT2D eigenvalue weighted by molar-refractivity contribution is 7.81. The van der Waals surface area contributed by atoms with E-state index in [4.69, 9.17) is 12.2 Å². The van der Waals surface area contributed by atoms with Crippen molar-refractivity contribution < 1.29 is 4.79 Å². The summed E-state index contributed by atoms with van der Waals surface area (Å²) in [5, 5.41) is 0. The lowest BCUT2D eigenvalue weighted by Gasteiger charge is -2.23. The predicted molar refractivity (Wildman–Crippen MR) is 86.9 cm³/mol. The van der Waals surface area contributed by atoms with Crippen molar-refractivity contribution in [3.63, 3.8) is 0 Å². The summed E-state index contributed by atoms with van der Waals surface area (Å²) >= 11 is 5.48. The molecule has 0 spiro atoms. The van der Waals surface area contributed by atoms with Crippen molar-refractivity contribution in [1.82, 2.24) is 0 Å². The lowest BCUT2D eigenvalue weighted by atomic mass is 10.1. The van der Waals surface area contributed by atoms with Gasteiger partial charge >= 0.3 is 0 Å². The average molecular weight is 281 g/mol. The molecule has 0 fully saturated rings. The molecule has 0 bridgehead atoms. The van der Waals surface area contributed by atoms with Gasteiger partial charge in [-0.15, -0.1) is 0 Å². The van der Waals surface area contributed by atoms with E-state index < -0.39 is 0 Å². The third-order valence-corrected chi connectivity index (χ3v) is 3.22. The molecule has 0 saturated heterocycles. The number of anilines is 1. The van der Waals surface area contributed by atoms with Crippen LogP contribution >= 0.6 is 12.2 Å². The monoisotopic (exact) mass is 281 g/mol. The van der Waals surface area contributed by atoms with Crippen LogP contribution in [-0.2, 0) is 4.79 Å². The lowest BCUT2D eigenvalue weighted by molar-refractivity contribution is -0.114. The Morgan fingerprint density at radius 2 is 1.50 bits per heavy atom. The fourth-order valence-electron chi connectivity index (χ4n) is 1.80. The van der Waals surface area contributed by atoms with Gasteiger partial charge in [-0.25, -0.2) is 0 Å². The molecule has 2 nitrogen and oxygen atoms in total. The molecule has 0 unspecified atom stereocenters. The topological polar surface area (TPSA) is 20.3 Å². The second-order valence-electron chi connectivity index (χ2n) is 4.43. The third kappa shape index (κ3) is 3.00. The zero-order valence-electron chi connectivity index (χ0n) is 11.2. The first kappa shape index (κ1) is 14.2. The molecule has 0 heterocycles. The normalized spacial score (nSPS) is 9.85. The van der Waals surface area contributed by atoms with Crippen LogP contribution in [0, 0.1) is 0 Å². The quantitative estimate of drug-likeness (QED) is 0.626. The number of hydrogen-bond acceptors (Lipinski definition) is 2. The summed E-state index contributed by atoms with van der Waals surface area (Å²) in [6.07, 6.45) is 0. The maximum atomic E-state index is 12.4. The van der Waals surface area contributed by atoms with E-state index in [-0.39, 0.29) is 5.91 Å². The molecule has 2 aromatic rings. The van der Waals surface area contributed by atoms with Gasteiger partial charge in [0.05, 0.1) is 5.69 Å². The molecule has 0 N–H and O–H groups in total. The highest BCUT2D eigenvalue weighted by Crippen LogP contribution is 2.19. The number of rotatable bonds is 3. The molecule has 0 aromatic heterocycles. The summed E-state index contributed by atoms with van der Waals surface area (Å²) < 4.78 is 0. The standard InChI is InChI=1S/C17H15NOS/c1-13(2)16(19)18(15-11-7-4-8-12-15)17(20)14-9-5-3-6-10-14/h3-12H,1H2,2H3. The van der Waals surface area contributed by atoms with Gasteiger partial charge in [0, 0.05) is 11.1 Å². The number of para-hydroxylation sites is 1. The number of benzene rings is 2. The van der Waals surface area contributed by atoms with Crippen LogP contribution in [-0.4, -0.2) is 10.9 Å². The summed E-state index contributed by atoms with van der Waals surface area (Å²) in [5.41, 5.74) is 2.03. The van der Waals surface area contributed by atoms with E-state index in [0.29, 0.717) is 10.6 Å². The Hall–Kier alpha value is -2.26. The fraction of sp³-hybridized carbons (Fsp3) is 0.0588. The molecule has 0 radical (unpaired) electrons. The van der Waals surface area contributed by atoms with Crippen LogP contribution in [0.15, 0.2) is 72.8 Å². The fourth-order valence-corrected chi connectivity index (χ4v) is 2.13. The van der Waals surface area contributed by atoms with Gasteiger partial charge in [0.2, 0.25) is 0 Å². The van der Waals surface area contributed by atoms with Crippen molar-refractivity contribution in [2.24, 2.45) is 0 Å². The molecular formula is C17H15NOS. The average Bonchev–Trinajstić information content (AvgIpc) is 2.49. The van der Waals surface area contributed by atoms with Crippen LogP contribution < -0.4 is 4.90 Å². The van der Waals surface area contributed by atoms with Gasteiger partial charge in [-0.3, -0.25) is 9.69 Å². The van der Waals surface area contributed by atoms with Gasteiger partial charge in [-0.2, -0.15) is 0 Å². The first-order valence-corrected chi connectivity index (χ1v) is 6.66. The minimum Gasteiger partial charge on any atom is -0.269 e. The summed E-state index contributed by atoms with van der Waals surface area (Å²) in [7, 11) is 0. The van der Waals surface area contributed by atoms with Gasteiger partial charge in [-0.1, -0.05) is 67.3 Å². The van der Waals surface area contributed by atoms with Crippen molar-refractivity contribution in [3.8, 4) is 0 Å². The van der Waals surface area contributed by atoms with Crippen LogP contribution in [0.5, 0.6) is 0 Å². The van der Waals surface area contributed by atoms with Crippen molar-refractivity contribution in [2.75, 3.05) is 4.90 Å². The summed E-state index contributed by atoms with van der Waals surface area (Å²) in [6.45, 7) is 5.41. The highest BCUT2D eigenvalue weighted by atomic mass is 32.1. The van der Waals surface area contributed by atoms with Gasteiger partial charge in [0.25, 0.3) is 5.91 Å². The van der Waals surface area contributed by atoms with Crippen LogP contribution in [0.25, 0.3) is 0 Å². The van der Waals surface area contributed by atoms with Gasteiger partial charge in [0.15, 0.2) is 0 Å². The van der Waals surface area contributed by atoms with Crippen LogP contribution in [0.1, 0.15) is 12.5 Å². The smallest absolute Gasteiger partial charge is 0.258 e. The third-order valence-electron chi connectivity index (χ3n) is 2.81. The van der Waals surface area contributed by atoms with Gasteiger partial charge in [-0.05, 0) is 19.1 Å². The Bertz CT molecular complexity index is 635. The number of nitrogens with zero attached hydrogens (tertiary/aromatic N) is 1. The molecule has 1 amide bonds. The maximum absolute atomic E-state index is 12.4.